The van der Waals surface area contributed by atoms with Crippen LogP contribution in [-0.4, -0.2) is 16.5 Å². The molecule has 4 heteroatoms. The Balaban J connectivity index is 3.33. The highest BCUT2D eigenvalue weighted by molar-refractivity contribution is 9.11. The van der Waals surface area contributed by atoms with Crippen molar-refractivity contribution in [1.82, 2.24) is 9.78 Å². The van der Waals surface area contributed by atoms with Crippen LogP contribution in [0.1, 0.15) is 18.3 Å². The van der Waals surface area contributed by atoms with Crippen LogP contribution in [-0.2, 0) is 7.05 Å². The first-order chi connectivity index (χ1) is 6.06. The maximum absolute atomic E-state index is 4.25. The molecule has 0 aromatic carbocycles. The van der Waals surface area contributed by atoms with Crippen LogP contribution in [0.4, 0.5) is 5.69 Å². The first-order valence-corrected chi connectivity index (χ1v) is 4.69. The van der Waals surface area contributed by atoms with Crippen molar-refractivity contribution < 1.29 is 0 Å². The molecule has 0 saturated carbocycles. The van der Waals surface area contributed by atoms with Crippen molar-refractivity contribution in [2.75, 3.05) is 0 Å². The van der Waals surface area contributed by atoms with Gasteiger partial charge in [0.15, 0.2) is 0 Å². The Morgan fingerprint density at radius 1 is 1.69 bits per heavy atom. The number of hydrogen-bond donors (Lipinski definition) is 0. The Kier molecular flexibility index (Phi) is 3.03. The molecule has 0 unspecified atom stereocenters. The van der Waals surface area contributed by atoms with E-state index in [1.165, 1.54) is 0 Å². The Morgan fingerprint density at radius 2 is 2.31 bits per heavy atom. The number of hydrogen-bond acceptors (Lipinski definition) is 2. The van der Waals surface area contributed by atoms with Crippen molar-refractivity contribution in [1.29, 1.82) is 0 Å². The van der Waals surface area contributed by atoms with Gasteiger partial charge in [-0.1, -0.05) is 15.9 Å². The van der Waals surface area contributed by atoms with E-state index in [2.05, 4.69) is 32.7 Å². The lowest BCUT2D eigenvalue weighted by Crippen LogP contribution is -1.92. The molecule has 0 radical (unpaired) electrons. The lowest BCUT2D eigenvalue weighted by Gasteiger charge is -1.96. The van der Waals surface area contributed by atoms with Gasteiger partial charge in [0.2, 0.25) is 0 Å². The predicted octanol–water partition coefficient (Wildman–Crippen LogP) is 2.82. The van der Waals surface area contributed by atoms with Gasteiger partial charge in [-0.3, -0.25) is 9.67 Å². The van der Waals surface area contributed by atoms with Crippen molar-refractivity contribution in [3.05, 3.63) is 15.9 Å². The van der Waals surface area contributed by atoms with Crippen LogP contribution in [0.15, 0.2) is 9.47 Å². The molecule has 0 aliphatic heterocycles. The summed E-state index contributed by atoms with van der Waals surface area (Å²) < 4.78 is 2.84. The van der Waals surface area contributed by atoms with E-state index in [1.807, 2.05) is 27.0 Å². The van der Waals surface area contributed by atoms with Gasteiger partial charge in [0.1, 0.15) is 5.69 Å². The van der Waals surface area contributed by atoms with Crippen LogP contribution in [0.2, 0.25) is 0 Å². The van der Waals surface area contributed by atoms with E-state index >= 15 is 0 Å². The van der Waals surface area contributed by atoms with Gasteiger partial charge in [0, 0.05) is 7.05 Å². The van der Waals surface area contributed by atoms with E-state index in [1.54, 1.807) is 4.68 Å². The Hall–Kier alpha value is -0.900. The second-order valence-corrected chi connectivity index (χ2v) is 4.08. The maximum Gasteiger partial charge on any atom is 0.110 e. The lowest BCUT2D eigenvalue weighted by molar-refractivity contribution is 0.749. The first kappa shape index (κ1) is 10.2. The molecule has 3 nitrogen and oxygen atoms in total. The van der Waals surface area contributed by atoms with Gasteiger partial charge in [-0.2, -0.15) is 5.10 Å². The molecule has 0 aliphatic rings. The molecule has 1 aromatic rings. The molecular formula is C9H12BrN3. The normalized spacial score (nSPS) is 11.8. The fourth-order valence-electron chi connectivity index (χ4n) is 1.21. The number of aliphatic imine (C=N–C) groups is 1. The number of aryl methyl sites for hydroxylation is 2. The summed E-state index contributed by atoms with van der Waals surface area (Å²) in [5.74, 6) is 0. The molecule has 1 aromatic heterocycles. The van der Waals surface area contributed by atoms with E-state index in [4.69, 9.17) is 0 Å². The SMILES string of the molecule is C=Nc1c(C)nn(C)c1/C=C(\C)Br. The fraction of sp³-hybridized carbons (Fsp3) is 0.333. The number of nitrogens with zero attached hydrogens (tertiary/aromatic N) is 3. The molecule has 13 heavy (non-hydrogen) atoms. The van der Waals surface area contributed by atoms with Gasteiger partial charge in [-0.25, -0.2) is 0 Å². The van der Waals surface area contributed by atoms with Crippen molar-refractivity contribution in [3.63, 3.8) is 0 Å². The quantitative estimate of drug-likeness (QED) is 0.733. The third kappa shape index (κ3) is 2.06. The zero-order chi connectivity index (χ0) is 10.0. The molecular weight excluding hydrogens is 230 g/mol. The average molecular weight is 242 g/mol. The molecule has 1 rings (SSSR count). The highest BCUT2D eigenvalue weighted by Crippen LogP contribution is 2.25. The number of aromatic nitrogens is 2. The highest BCUT2D eigenvalue weighted by atomic mass is 79.9. The summed E-state index contributed by atoms with van der Waals surface area (Å²) in [5, 5.41) is 4.25. The first-order valence-electron chi connectivity index (χ1n) is 3.90. The van der Waals surface area contributed by atoms with Crippen molar-refractivity contribution in [3.8, 4) is 0 Å². The summed E-state index contributed by atoms with van der Waals surface area (Å²) in [5.41, 5.74) is 2.72. The van der Waals surface area contributed by atoms with Gasteiger partial charge in [0.05, 0.1) is 11.4 Å². The molecule has 0 atom stereocenters. The zero-order valence-corrected chi connectivity index (χ0v) is 9.59. The Morgan fingerprint density at radius 3 is 2.77 bits per heavy atom. The van der Waals surface area contributed by atoms with E-state index in [0.29, 0.717) is 0 Å². The van der Waals surface area contributed by atoms with Crippen LogP contribution in [0.3, 0.4) is 0 Å². The zero-order valence-electron chi connectivity index (χ0n) is 8.00. The molecule has 0 N–H and O–H groups in total. The fourth-order valence-corrected chi connectivity index (χ4v) is 1.43. The molecule has 0 amide bonds. The number of allylic oxidation sites excluding steroid dienone is 1. The van der Waals surface area contributed by atoms with Crippen LogP contribution >= 0.6 is 15.9 Å². The summed E-state index contributed by atoms with van der Waals surface area (Å²) in [4.78, 5) is 3.95. The summed E-state index contributed by atoms with van der Waals surface area (Å²) >= 11 is 3.38. The standard InChI is InChI=1S/C9H12BrN3/c1-6(10)5-8-9(11-3)7(2)12-13(8)4/h5H,3H2,1-2,4H3/b6-5+. The second-order valence-electron chi connectivity index (χ2n) is 2.83. The van der Waals surface area contributed by atoms with Crippen molar-refractivity contribution in [2.24, 2.45) is 12.0 Å². The van der Waals surface area contributed by atoms with Crippen LogP contribution < -0.4 is 0 Å². The van der Waals surface area contributed by atoms with Crippen LogP contribution in [0.25, 0.3) is 6.08 Å². The third-order valence-electron chi connectivity index (χ3n) is 1.73. The van der Waals surface area contributed by atoms with Crippen molar-refractivity contribution >= 4 is 34.4 Å². The second kappa shape index (κ2) is 3.87. The van der Waals surface area contributed by atoms with Gasteiger partial charge in [-0.05, 0) is 31.1 Å². The summed E-state index contributed by atoms with van der Waals surface area (Å²) in [6.07, 6.45) is 1.98. The van der Waals surface area contributed by atoms with Gasteiger partial charge >= 0.3 is 0 Å². The van der Waals surface area contributed by atoms with E-state index in [0.717, 1.165) is 21.6 Å². The van der Waals surface area contributed by atoms with Crippen LogP contribution in [0, 0.1) is 6.92 Å². The Bertz CT molecular complexity index is 359. The topological polar surface area (TPSA) is 30.2 Å². The Labute approximate surface area is 86.3 Å². The molecule has 70 valence electrons. The van der Waals surface area contributed by atoms with Gasteiger partial charge in [-0.15, -0.1) is 0 Å². The summed E-state index contributed by atoms with van der Waals surface area (Å²) in [7, 11) is 1.89. The van der Waals surface area contributed by atoms with E-state index in [9.17, 15) is 0 Å². The molecule has 1 heterocycles. The highest BCUT2D eigenvalue weighted by Gasteiger charge is 2.08. The molecule has 0 fully saturated rings. The average Bonchev–Trinajstić information content (AvgIpc) is 2.26. The predicted molar refractivity (Wildman–Crippen MR) is 59.7 cm³/mol. The lowest BCUT2D eigenvalue weighted by atomic mass is 10.3. The van der Waals surface area contributed by atoms with Crippen LogP contribution in [0.5, 0.6) is 0 Å². The molecule has 0 aliphatic carbocycles. The largest absolute Gasteiger partial charge is 0.266 e. The van der Waals surface area contributed by atoms with Gasteiger partial charge < -0.3 is 0 Å². The minimum Gasteiger partial charge on any atom is -0.266 e. The number of rotatable bonds is 2. The smallest absolute Gasteiger partial charge is 0.110 e. The van der Waals surface area contributed by atoms with E-state index < -0.39 is 0 Å². The maximum atomic E-state index is 4.25. The summed E-state index contributed by atoms with van der Waals surface area (Å²) in [6, 6.07) is 0. The summed E-state index contributed by atoms with van der Waals surface area (Å²) in [6.45, 7) is 7.41. The molecule has 0 saturated heterocycles. The molecule has 0 spiro atoms. The minimum absolute atomic E-state index is 0.848. The third-order valence-corrected chi connectivity index (χ3v) is 1.96. The minimum atomic E-state index is 0.848. The monoisotopic (exact) mass is 241 g/mol. The van der Waals surface area contributed by atoms with Crippen molar-refractivity contribution in [2.45, 2.75) is 13.8 Å². The number of halogens is 1. The molecule has 0 bridgehead atoms. The van der Waals surface area contributed by atoms with Gasteiger partial charge in [0.25, 0.3) is 0 Å². The van der Waals surface area contributed by atoms with E-state index in [-0.39, 0.29) is 0 Å².